The first kappa shape index (κ1) is 15.7. The van der Waals surface area contributed by atoms with E-state index in [0.717, 1.165) is 9.54 Å². The summed E-state index contributed by atoms with van der Waals surface area (Å²) in [4.78, 5) is 11.9. The average molecular weight is 392 g/mol. The van der Waals surface area contributed by atoms with E-state index in [1.165, 1.54) is 9.23 Å². The molecule has 0 saturated carbocycles. The van der Waals surface area contributed by atoms with Gasteiger partial charge in [0.1, 0.15) is 0 Å². The van der Waals surface area contributed by atoms with E-state index in [2.05, 4.69) is 17.1 Å². The molecule has 2 rings (SSSR count). The molecule has 106 valence electrons. The van der Waals surface area contributed by atoms with Gasteiger partial charge in [-0.05, 0) is 0 Å². The van der Waals surface area contributed by atoms with Crippen molar-refractivity contribution >= 4 is 65.3 Å². The molecule has 1 atom stereocenters. The molecule has 0 radical (unpaired) electrons. The molecule has 20 heavy (non-hydrogen) atoms. The monoisotopic (exact) mass is 391 g/mol. The van der Waals surface area contributed by atoms with Gasteiger partial charge in [-0.25, -0.2) is 0 Å². The van der Waals surface area contributed by atoms with Crippen LogP contribution in [0.5, 0.6) is 0 Å². The number of thiophene rings is 1. The van der Waals surface area contributed by atoms with Crippen LogP contribution in [0.3, 0.4) is 0 Å². The normalized spacial score (nSPS) is 12.2. The van der Waals surface area contributed by atoms with Crippen LogP contribution < -0.4 is 9.67 Å². The van der Waals surface area contributed by atoms with Gasteiger partial charge in [0.05, 0.1) is 0 Å². The zero-order chi connectivity index (χ0) is 14.7. The van der Waals surface area contributed by atoms with E-state index >= 15 is 0 Å². The third-order valence-corrected chi connectivity index (χ3v) is 8.81. The molecule has 2 aromatic rings. The minimum atomic E-state index is -1.24. The van der Waals surface area contributed by atoms with Gasteiger partial charge in [-0.2, -0.15) is 0 Å². The molecule has 1 amide bonds. The third kappa shape index (κ3) is 4.16. The van der Waals surface area contributed by atoms with Crippen LogP contribution in [0.25, 0.3) is 0 Å². The molecule has 0 aliphatic rings. The number of hydrogen-bond donors (Lipinski definition) is 2. The molecule has 0 aliphatic heterocycles. The van der Waals surface area contributed by atoms with Crippen molar-refractivity contribution in [3.8, 4) is 0 Å². The molecule has 0 aliphatic carbocycles. The molecular formula is C13H12AsCl2NO2S. The molecule has 1 aromatic carbocycles. The number of rotatable bonds is 4. The topological polar surface area (TPSA) is 49.3 Å². The molecule has 0 bridgehead atoms. The molecule has 1 aromatic heterocycles. The van der Waals surface area contributed by atoms with E-state index < -0.39 is 20.7 Å². The predicted molar refractivity (Wildman–Crippen MR) is 87.4 cm³/mol. The van der Waals surface area contributed by atoms with Crippen LogP contribution in [-0.2, 0) is 5.21 Å². The summed E-state index contributed by atoms with van der Waals surface area (Å²) in [6.45, 7) is 0. The number of anilines is 1. The first-order valence-electron chi connectivity index (χ1n) is 5.70. The Balaban J connectivity index is 2.12. The van der Waals surface area contributed by atoms with E-state index in [1.54, 1.807) is 17.4 Å². The van der Waals surface area contributed by atoms with Crippen LogP contribution in [-0.4, -0.2) is 25.9 Å². The number of nitrogens with one attached hydrogen (secondary N) is 1. The van der Waals surface area contributed by atoms with Crippen molar-refractivity contribution < 1.29 is 9.90 Å². The summed E-state index contributed by atoms with van der Waals surface area (Å²) in [5.74, 6) is 0. The van der Waals surface area contributed by atoms with E-state index in [1.807, 2.05) is 18.2 Å². The Morgan fingerprint density at radius 3 is 2.65 bits per heavy atom. The summed E-state index contributed by atoms with van der Waals surface area (Å²) in [5, 5.41) is 12.4. The van der Waals surface area contributed by atoms with Crippen molar-refractivity contribution in [2.45, 2.75) is 10.9 Å². The zero-order valence-corrected chi connectivity index (χ0v) is 14.8. The van der Waals surface area contributed by atoms with Gasteiger partial charge >= 0.3 is 136 Å². The van der Waals surface area contributed by atoms with E-state index in [4.69, 9.17) is 28.3 Å². The van der Waals surface area contributed by atoms with Gasteiger partial charge in [-0.1, -0.05) is 0 Å². The second-order valence-corrected chi connectivity index (χ2v) is 11.0. The molecule has 0 saturated heterocycles. The Hall–Kier alpha value is -0.672. The summed E-state index contributed by atoms with van der Waals surface area (Å²) < 4.78 is 2.02. The van der Waals surface area contributed by atoms with Crippen molar-refractivity contribution in [2.75, 3.05) is 5.32 Å². The maximum atomic E-state index is 10.6. The Labute approximate surface area is 135 Å². The van der Waals surface area contributed by atoms with Gasteiger partial charge in [0.25, 0.3) is 0 Å². The van der Waals surface area contributed by atoms with Crippen LogP contribution in [0.4, 0.5) is 10.5 Å². The zero-order valence-electron chi connectivity index (χ0n) is 10.6. The number of carbonyl (C=O) groups is 1. The fourth-order valence-corrected chi connectivity index (χ4v) is 7.48. The first-order chi connectivity index (χ1) is 9.45. The summed E-state index contributed by atoms with van der Waals surface area (Å²) >= 11 is 12.4. The van der Waals surface area contributed by atoms with Crippen LogP contribution in [0, 0.1) is 0 Å². The number of carboxylic acid groups (broad SMARTS) is 1. The third-order valence-electron chi connectivity index (χ3n) is 2.66. The molecule has 2 N–H and O–H groups in total. The SMILES string of the molecule is C[As](Cc1ccc(Cl)s1)c1ccc(NC(=O)O)c(Cl)c1. The second-order valence-electron chi connectivity index (χ2n) is 4.16. The van der Waals surface area contributed by atoms with Crippen molar-refractivity contribution in [2.24, 2.45) is 0 Å². The van der Waals surface area contributed by atoms with Gasteiger partial charge in [0.15, 0.2) is 0 Å². The van der Waals surface area contributed by atoms with Crippen LogP contribution in [0.15, 0.2) is 30.3 Å². The predicted octanol–water partition coefficient (Wildman–Crippen LogP) is 4.26. The number of benzene rings is 1. The fraction of sp³-hybridized carbons (Fsp3) is 0.154. The molecule has 7 heteroatoms. The second kappa shape index (κ2) is 6.86. The van der Waals surface area contributed by atoms with E-state index in [9.17, 15) is 4.79 Å². The summed E-state index contributed by atoms with van der Waals surface area (Å²) in [5.41, 5.74) is 2.67. The summed E-state index contributed by atoms with van der Waals surface area (Å²) in [6.07, 6.45) is -1.11. The number of amides is 1. The van der Waals surface area contributed by atoms with Crippen molar-refractivity contribution in [3.05, 3.63) is 44.6 Å². The Morgan fingerprint density at radius 2 is 2.10 bits per heavy atom. The van der Waals surface area contributed by atoms with Crippen molar-refractivity contribution in [1.29, 1.82) is 0 Å². The molecule has 0 spiro atoms. The van der Waals surface area contributed by atoms with Crippen LogP contribution >= 0.6 is 34.5 Å². The summed E-state index contributed by atoms with van der Waals surface area (Å²) in [6, 6.07) is 9.50. The van der Waals surface area contributed by atoms with E-state index in [-0.39, 0.29) is 0 Å². The molecule has 3 nitrogen and oxygen atoms in total. The maximum absolute atomic E-state index is 10.6. The molecule has 0 fully saturated rings. The van der Waals surface area contributed by atoms with Gasteiger partial charge < -0.3 is 0 Å². The van der Waals surface area contributed by atoms with Gasteiger partial charge in [-0.3, -0.25) is 0 Å². The fourth-order valence-electron chi connectivity index (χ4n) is 1.72. The average Bonchev–Trinajstić information content (AvgIpc) is 2.76. The van der Waals surface area contributed by atoms with Crippen LogP contribution in [0.2, 0.25) is 15.1 Å². The van der Waals surface area contributed by atoms with Gasteiger partial charge in [0.2, 0.25) is 0 Å². The molecule has 1 unspecified atom stereocenters. The van der Waals surface area contributed by atoms with Gasteiger partial charge in [-0.15, -0.1) is 0 Å². The Kier molecular flexibility index (Phi) is 5.39. The van der Waals surface area contributed by atoms with Crippen LogP contribution in [0.1, 0.15) is 4.88 Å². The minimum absolute atomic E-state index is 0.421. The first-order valence-corrected chi connectivity index (χ1v) is 11.4. The van der Waals surface area contributed by atoms with Crippen molar-refractivity contribution in [1.82, 2.24) is 0 Å². The Morgan fingerprint density at radius 1 is 1.35 bits per heavy atom. The van der Waals surface area contributed by atoms with E-state index in [0.29, 0.717) is 10.7 Å². The molecule has 1 heterocycles. The molecular weight excluding hydrogens is 380 g/mol. The Bertz CT molecular complexity index is 633. The summed E-state index contributed by atoms with van der Waals surface area (Å²) in [7, 11) is 0. The quantitative estimate of drug-likeness (QED) is 0.765. The number of hydrogen-bond acceptors (Lipinski definition) is 2. The van der Waals surface area contributed by atoms with Crippen molar-refractivity contribution in [3.63, 3.8) is 0 Å². The standard InChI is InChI=1S/C13H12AsCl2NO2S/c1-14(7-9-3-5-12(16)20-9)8-2-4-11(10(15)6-8)17-13(18)19/h2-6,17H,7H2,1H3,(H,18,19). The van der Waals surface area contributed by atoms with Gasteiger partial charge in [0, 0.05) is 0 Å². The number of halogens is 2.